The van der Waals surface area contributed by atoms with Crippen molar-refractivity contribution < 1.29 is 14.6 Å². The Hall–Kier alpha value is -3.65. The van der Waals surface area contributed by atoms with E-state index in [0.29, 0.717) is 13.3 Å². The molecule has 36 heavy (non-hydrogen) atoms. The number of aromatic hydroxyl groups is 1. The smallest absolute Gasteiger partial charge is 0.278 e. The van der Waals surface area contributed by atoms with Crippen LogP contribution < -0.4 is 15.2 Å². The third kappa shape index (κ3) is 3.00. The lowest BCUT2D eigenvalue weighted by atomic mass is 9.74. The van der Waals surface area contributed by atoms with E-state index in [1.807, 2.05) is 35.2 Å². The van der Waals surface area contributed by atoms with Crippen molar-refractivity contribution in [1.82, 2.24) is 9.58 Å². The second-order valence-corrected chi connectivity index (χ2v) is 10.8. The zero-order valence-corrected chi connectivity index (χ0v) is 20.4. The molecule has 1 saturated carbocycles. The number of carbonyl (C=O) groups excluding carboxylic acids is 1. The van der Waals surface area contributed by atoms with Gasteiger partial charge in [0.25, 0.3) is 5.91 Å². The molecule has 1 fully saturated rings. The second kappa shape index (κ2) is 7.93. The third-order valence-corrected chi connectivity index (χ3v) is 9.05. The van der Waals surface area contributed by atoms with Gasteiger partial charge in [-0.05, 0) is 48.6 Å². The van der Waals surface area contributed by atoms with E-state index in [2.05, 4.69) is 29.3 Å². The van der Waals surface area contributed by atoms with E-state index in [1.165, 1.54) is 6.07 Å². The van der Waals surface area contributed by atoms with Crippen LogP contribution in [0.25, 0.3) is 0 Å². The van der Waals surface area contributed by atoms with E-state index in [9.17, 15) is 14.7 Å². The number of benzene rings is 2. The number of hydrogen-bond donors (Lipinski definition) is 1. The van der Waals surface area contributed by atoms with Gasteiger partial charge in [0.05, 0.1) is 5.54 Å². The Labute approximate surface area is 212 Å². The zero-order valence-electron chi connectivity index (χ0n) is 19.6. The van der Waals surface area contributed by atoms with Crippen molar-refractivity contribution in [3.05, 3.63) is 99.5 Å². The highest BCUT2D eigenvalue weighted by Crippen LogP contribution is 2.48. The molecule has 1 atom stereocenters. The van der Waals surface area contributed by atoms with Crippen molar-refractivity contribution >= 4 is 17.7 Å². The summed E-state index contributed by atoms with van der Waals surface area (Å²) in [4.78, 5) is 29.4. The maximum Gasteiger partial charge on any atom is 0.278 e. The van der Waals surface area contributed by atoms with Crippen LogP contribution >= 0.6 is 11.8 Å². The molecule has 1 aliphatic carbocycles. The van der Waals surface area contributed by atoms with Crippen molar-refractivity contribution in [2.24, 2.45) is 0 Å². The van der Waals surface area contributed by atoms with Crippen molar-refractivity contribution in [3.8, 4) is 11.5 Å². The summed E-state index contributed by atoms with van der Waals surface area (Å²) in [5.74, 6) is 0.764. The van der Waals surface area contributed by atoms with Gasteiger partial charge in [-0.2, -0.15) is 0 Å². The van der Waals surface area contributed by atoms with Crippen LogP contribution in [0.1, 0.15) is 52.5 Å². The van der Waals surface area contributed by atoms with Crippen LogP contribution in [0.15, 0.2) is 76.6 Å². The van der Waals surface area contributed by atoms with Crippen LogP contribution in [-0.4, -0.2) is 39.4 Å². The molecule has 0 unspecified atom stereocenters. The molecular weight excluding hydrogens is 474 g/mol. The molecule has 3 aromatic rings. The molecule has 2 aromatic carbocycles. The highest BCUT2D eigenvalue weighted by molar-refractivity contribution is 7.98. The van der Waals surface area contributed by atoms with Crippen LogP contribution in [0.4, 0.5) is 0 Å². The van der Waals surface area contributed by atoms with E-state index in [-0.39, 0.29) is 17.6 Å². The van der Waals surface area contributed by atoms with Crippen LogP contribution in [0, 0.1) is 0 Å². The minimum absolute atomic E-state index is 0.0157. The van der Waals surface area contributed by atoms with Crippen LogP contribution in [-0.2, 0) is 5.75 Å². The molecule has 8 heteroatoms. The molecule has 1 amide bonds. The van der Waals surface area contributed by atoms with Crippen molar-refractivity contribution in [2.75, 3.05) is 18.3 Å². The standard InChI is InChI=1S/C28H25N3O4S/c32-20-10-14-30-25(26(20)33)27(34)29-17-31(30)24-19-7-1-2-9-22(19)36-16-18-6-3-8-21(23(18)24)35-15-5-13-28(29)11-4-12-28/h1-3,5-10,13-14,24,33H,4,11-12,15-17H2/b13-5-/t24-/m0/s1. The highest BCUT2D eigenvalue weighted by Gasteiger charge is 2.49. The fourth-order valence-corrected chi connectivity index (χ4v) is 7.05. The summed E-state index contributed by atoms with van der Waals surface area (Å²) >= 11 is 1.78. The number of aromatic nitrogens is 1. The van der Waals surface area contributed by atoms with Gasteiger partial charge in [-0.1, -0.05) is 36.4 Å². The summed E-state index contributed by atoms with van der Waals surface area (Å²) in [5, 5.41) is 13.0. The van der Waals surface area contributed by atoms with Crippen molar-refractivity contribution in [3.63, 3.8) is 0 Å². The molecule has 182 valence electrons. The third-order valence-electron chi connectivity index (χ3n) is 7.91. The van der Waals surface area contributed by atoms with Gasteiger partial charge in [-0.25, -0.2) is 0 Å². The zero-order chi connectivity index (χ0) is 24.4. The lowest BCUT2D eigenvalue weighted by Gasteiger charge is -2.54. The van der Waals surface area contributed by atoms with Crippen molar-refractivity contribution in [1.29, 1.82) is 0 Å². The molecule has 1 aromatic heterocycles. The summed E-state index contributed by atoms with van der Waals surface area (Å²) in [6.45, 7) is 0.716. The first-order valence-electron chi connectivity index (χ1n) is 12.2. The Morgan fingerprint density at radius 1 is 1.06 bits per heavy atom. The predicted octanol–water partition coefficient (Wildman–Crippen LogP) is 4.17. The second-order valence-electron chi connectivity index (χ2n) is 9.76. The molecule has 1 spiro atoms. The van der Waals surface area contributed by atoms with E-state index in [4.69, 9.17) is 4.74 Å². The summed E-state index contributed by atoms with van der Waals surface area (Å²) in [6, 6.07) is 15.5. The fourth-order valence-electron chi connectivity index (χ4n) is 5.97. The largest absolute Gasteiger partial charge is 0.502 e. The van der Waals surface area contributed by atoms with Crippen molar-refractivity contribution in [2.45, 2.75) is 41.5 Å². The maximum atomic E-state index is 13.9. The Balaban J connectivity index is 1.56. The Morgan fingerprint density at radius 2 is 1.92 bits per heavy atom. The van der Waals surface area contributed by atoms with E-state index in [1.54, 1.807) is 22.6 Å². The number of thioether (sulfide) groups is 1. The number of nitrogens with zero attached hydrogens (tertiary/aromatic N) is 3. The summed E-state index contributed by atoms with van der Waals surface area (Å²) in [7, 11) is 0. The molecule has 4 heterocycles. The van der Waals surface area contributed by atoms with Gasteiger partial charge >= 0.3 is 0 Å². The minimum atomic E-state index is -0.555. The molecule has 1 N–H and O–H groups in total. The summed E-state index contributed by atoms with van der Waals surface area (Å²) < 4.78 is 8.05. The van der Waals surface area contributed by atoms with Gasteiger partial charge < -0.3 is 14.7 Å². The van der Waals surface area contributed by atoms with Gasteiger partial charge in [0.15, 0.2) is 11.4 Å². The molecule has 0 radical (unpaired) electrons. The number of hydrogen-bond acceptors (Lipinski definition) is 6. The first kappa shape index (κ1) is 21.6. The summed E-state index contributed by atoms with van der Waals surface area (Å²) in [5.41, 5.74) is 2.30. The van der Waals surface area contributed by atoms with Gasteiger partial charge in [0, 0.05) is 28.5 Å². The number of pyridine rings is 1. The monoisotopic (exact) mass is 499 g/mol. The number of amides is 1. The first-order valence-corrected chi connectivity index (χ1v) is 13.2. The molecule has 3 aliphatic heterocycles. The Bertz CT molecular complexity index is 1490. The highest BCUT2D eigenvalue weighted by atomic mass is 32.2. The molecular formula is C28H25N3O4S. The minimum Gasteiger partial charge on any atom is -0.502 e. The number of fused-ring (bicyclic) bond motifs is 8. The SMILES string of the molecule is O=C1c2c(O)c(=O)ccn2N2CN1C1(/C=C\COc3cccc4c3[C@@H]2c2ccccc2SC4)CCC1. The fraction of sp³-hybridized carbons (Fsp3) is 0.286. The Kier molecular flexibility index (Phi) is 4.76. The average Bonchev–Trinajstić information content (AvgIpc) is 3.04. The predicted molar refractivity (Wildman–Crippen MR) is 137 cm³/mol. The molecule has 2 bridgehead atoms. The quantitative estimate of drug-likeness (QED) is 0.468. The van der Waals surface area contributed by atoms with Gasteiger partial charge in [0.1, 0.15) is 25.1 Å². The van der Waals surface area contributed by atoms with E-state index < -0.39 is 16.7 Å². The van der Waals surface area contributed by atoms with Gasteiger partial charge in [0.2, 0.25) is 5.43 Å². The molecule has 7 rings (SSSR count). The number of rotatable bonds is 0. The Morgan fingerprint density at radius 3 is 2.75 bits per heavy atom. The average molecular weight is 500 g/mol. The molecule has 4 aliphatic rings. The molecule has 0 saturated heterocycles. The first-order chi connectivity index (χ1) is 17.6. The van der Waals surface area contributed by atoms with Crippen LogP contribution in [0.5, 0.6) is 11.5 Å². The lowest BCUT2D eigenvalue weighted by Crippen LogP contribution is -2.64. The maximum absolute atomic E-state index is 13.9. The molecule has 7 nitrogen and oxygen atoms in total. The number of ether oxygens (including phenoxy) is 1. The normalized spacial score (nSPS) is 22.2. The summed E-state index contributed by atoms with van der Waals surface area (Å²) in [6.07, 6.45) is 8.36. The van der Waals surface area contributed by atoms with Crippen LogP contribution in [0.3, 0.4) is 0 Å². The lowest BCUT2D eigenvalue weighted by molar-refractivity contribution is 0.0255. The van der Waals surface area contributed by atoms with E-state index >= 15 is 0 Å². The number of carbonyl (C=O) groups is 1. The van der Waals surface area contributed by atoms with Crippen LogP contribution in [0.2, 0.25) is 0 Å². The topological polar surface area (TPSA) is 75.0 Å². The van der Waals surface area contributed by atoms with Gasteiger partial charge in [-0.3, -0.25) is 19.3 Å². The van der Waals surface area contributed by atoms with E-state index in [0.717, 1.165) is 52.4 Å². The van der Waals surface area contributed by atoms with Gasteiger partial charge in [-0.15, -0.1) is 11.8 Å².